The molecule has 2 aliphatic heterocycles. The van der Waals surface area contributed by atoms with E-state index in [1.807, 2.05) is 0 Å². The summed E-state index contributed by atoms with van der Waals surface area (Å²) in [5.74, 6) is 4.74. The Bertz CT molecular complexity index is 817. The van der Waals surface area contributed by atoms with Gasteiger partial charge in [0.15, 0.2) is 5.79 Å². The zero-order valence-corrected chi connectivity index (χ0v) is 23.0. The molecule has 35 heavy (non-hydrogen) atoms. The van der Waals surface area contributed by atoms with Crippen LogP contribution in [0.4, 0.5) is 0 Å². The van der Waals surface area contributed by atoms with Crippen molar-refractivity contribution >= 4 is 5.97 Å². The Kier molecular flexibility index (Phi) is 6.15. The van der Waals surface area contributed by atoms with Crippen LogP contribution in [-0.4, -0.2) is 30.6 Å². The molecule has 0 unspecified atom stereocenters. The number of fused-ring (bicyclic) bond motifs is 7. The van der Waals surface area contributed by atoms with Crippen LogP contribution in [0.15, 0.2) is 0 Å². The summed E-state index contributed by atoms with van der Waals surface area (Å²) in [6.45, 7) is 12.9. The molecule has 4 heteroatoms. The maximum atomic E-state index is 12.1. The first-order chi connectivity index (χ1) is 16.7. The van der Waals surface area contributed by atoms with E-state index < -0.39 is 0 Å². The standard InChI is InChI=1S/C31H50O4/c1-6-7-27(32)34-22-11-13-29(4)21(16-22)8-9-23-24(29)12-14-30(5)25(23)17-26-28(30)20(3)31(35-26)15-10-19(2)18-33-31/h19-26,28H,6-18H2,1-5H3/t19-,20-,21-,22+,23+,24+,25+,26-,28-,29-,30-,31+/m0/s1. The van der Waals surface area contributed by atoms with E-state index in [0.717, 1.165) is 56.0 Å². The van der Waals surface area contributed by atoms with Gasteiger partial charge in [-0.25, -0.2) is 0 Å². The third-order valence-electron chi connectivity index (χ3n) is 12.6. The molecule has 0 aromatic heterocycles. The lowest BCUT2D eigenvalue weighted by Gasteiger charge is -2.61. The maximum absolute atomic E-state index is 12.1. The Balaban J connectivity index is 1.17. The Hall–Kier alpha value is -0.610. The summed E-state index contributed by atoms with van der Waals surface area (Å²) >= 11 is 0. The summed E-state index contributed by atoms with van der Waals surface area (Å²) < 4.78 is 19.3. The van der Waals surface area contributed by atoms with Gasteiger partial charge in [0.2, 0.25) is 0 Å². The molecule has 12 atom stereocenters. The van der Waals surface area contributed by atoms with Crippen LogP contribution in [0.25, 0.3) is 0 Å². The van der Waals surface area contributed by atoms with Gasteiger partial charge < -0.3 is 14.2 Å². The number of hydrogen-bond donors (Lipinski definition) is 0. The van der Waals surface area contributed by atoms with E-state index in [9.17, 15) is 4.79 Å². The minimum atomic E-state index is -0.302. The van der Waals surface area contributed by atoms with Crippen molar-refractivity contribution in [2.75, 3.05) is 6.61 Å². The van der Waals surface area contributed by atoms with Gasteiger partial charge in [0, 0.05) is 18.8 Å². The van der Waals surface area contributed by atoms with Crippen molar-refractivity contribution in [3.05, 3.63) is 0 Å². The highest BCUT2D eigenvalue weighted by molar-refractivity contribution is 5.69. The van der Waals surface area contributed by atoms with E-state index in [1.165, 1.54) is 44.9 Å². The summed E-state index contributed by atoms with van der Waals surface area (Å²) in [6, 6.07) is 0. The van der Waals surface area contributed by atoms with Crippen LogP contribution in [0, 0.1) is 52.3 Å². The average Bonchev–Trinajstić information content (AvgIpc) is 3.26. The molecular weight excluding hydrogens is 436 g/mol. The molecule has 0 amide bonds. The smallest absolute Gasteiger partial charge is 0.306 e. The molecule has 2 heterocycles. The van der Waals surface area contributed by atoms with Gasteiger partial charge >= 0.3 is 5.97 Å². The number of esters is 1. The molecule has 4 saturated carbocycles. The van der Waals surface area contributed by atoms with E-state index in [-0.39, 0.29) is 17.9 Å². The van der Waals surface area contributed by atoms with E-state index in [1.54, 1.807) is 0 Å². The predicted molar refractivity (Wildman–Crippen MR) is 137 cm³/mol. The minimum Gasteiger partial charge on any atom is -0.462 e. The zero-order valence-electron chi connectivity index (χ0n) is 23.0. The lowest BCUT2D eigenvalue weighted by atomic mass is 9.44. The van der Waals surface area contributed by atoms with Crippen molar-refractivity contribution in [2.45, 2.75) is 130 Å². The third-order valence-corrected chi connectivity index (χ3v) is 12.6. The van der Waals surface area contributed by atoms with Gasteiger partial charge in [-0.1, -0.05) is 34.6 Å². The molecule has 0 bridgehead atoms. The molecule has 6 rings (SSSR count). The number of rotatable bonds is 3. The van der Waals surface area contributed by atoms with Crippen LogP contribution < -0.4 is 0 Å². The quantitative estimate of drug-likeness (QED) is 0.398. The van der Waals surface area contributed by atoms with E-state index in [4.69, 9.17) is 14.2 Å². The molecule has 0 aromatic rings. The fraction of sp³-hybridized carbons (Fsp3) is 0.968. The Labute approximate surface area is 213 Å². The summed E-state index contributed by atoms with van der Waals surface area (Å²) in [5.41, 5.74) is 0.823. The number of carbonyl (C=O) groups is 1. The molecule has 4 nitrogen and oxygen atoms in total. The Morgan fingerprint density at radius 1 is 0.943 bits per heavy atom. The van der Waals surface area contributed by atoms with Crippen molar-refractivity contribution in [2.24, 2.45) is 52.3 Å². The predicted octanol–water partition coefficient (Wildman–Crippen LogP) is 7.14. The second-order valence-corrected chi connectivity index (χ2v) is 14.3. The monoisotopic (exact) mass is 486 g/mol. The maximum Gasteiger partial charge on any atom is 0.306 e. The van der Waals surface area contributed by atoms with Gasteiger partial charge in [0.25, 0.3) is 0 Å². The highest BCUT2D eigenvalue weighted by Gasteiger charge is 2.69. The molecule has 198 valence electrons. The second kappa shape index (κ2) is 8.72. The molecule has 2 saturated heterocycles. The van der Waals surface area contributed by atoms with Gasteiger partial charge in [0.1, 0.15) is 6.10 Å². The first-order valence-corrected chi connectivity index (χ1v) is 15.2. The molecule has 1 spiro atoms. The fourth-order valence-corrected chi connectivity index (χ4v) is 10.8. The fourth-order valence-electron chi connectivity index (χ4n) is 10.8. The van der Waals surface area contributed by atoms with Gasteiger partial charge in [-0.15, -0.1) is 0 Å². The molecule has 6 aliphatic rings. The number of ether oxygens (including phenoxy) is 3. The normalized spacial score (nSPS) is 55.1. The van der Waals surface area contributed by atoms with E-state index in [0.29, 0.717) is 41.1 Å². The van der Waals surface area contributed by atoms with Crippen LogP contribution >= 0.6 is 0 Å². The highest BCUT2D eigenvalue weighted by atomic mass is 16.7. The average molecular weight is 487 g/mol. The van der Waals surface area contributed by atoms with Crippen LogP contribution in [-0.2, 0) is 19.0 Å². The van der Waals surface area contributed by atoms with Crippen LogP contribution in [0.5, 0.6) is 0 Å². The highest BCUT2D eigenvalue weighted by Crippen LogP contribution is 2.71. The Morgan fingerprint density at radius 3 is 2.49 bits per heavy atom. The number of hydrogen-bond acceptors (Lipinski definition) is 4. The summed E-state index contributed by atoms with van der Waals surface area (Å²) in [7, 11) is 0. The number of carbonyl (C=O) groups excluding carboxylic acids is 1. The van der Waals surface area contributed by atoms with E-state index >= 15 is 0 Å². The first-order valence-electron chi connectivity index (χ1n) is 15.2. The second-order valence-electron chi connectivity index (χ2n) is 14.3. The molecule has 0 radical (unpaired) electrons. The summed E-state index contributed by atoms with van der Waals surface area (Å²) in [4.78, 5) is 12.1. The Morgan fingerprint density at radius 2 is 1.74 bits per heavy atom. The van der Waals surface area contributed by atoms with Crippen molar-refractivity contribution in [3.8, 4) is 0 Å². The largest absolute Gasteiger partial charge is 0.462 e. The van der Waals surface area contributed by atoms with Gasteiger partial charge in [0.05, 0.1) is 12.7 Å². The van der Waals surface area contributed by atoms with Crippen molar-refractivity contribution < 1.29 is 19.0 Å². The first kappa shape index (κ1) is 24.7. The van der Waals surface area contributed by atoms with Crippen molar-refractivity contribution in [3.63, 3.8) is 0 Å². The van der Waals surface area contributed by atoms with Gasteiger partial charge in [-0.05, 0) is 111 Å². The molecule has 6 fully saturated rings. The summed E-state index contributed by atoms with van der Waals surface area (Å²) in [6.07, 6.45) is 14.4. The van der Waals surface area contributed by atoms with Crippen LogP contribution in [0.3, 0.4) is 0 Å². The molecule has 0 N–H and O–H groups in total. The summed E-state index contributed by atoms with van der Waals surface area (Å²) in [5, 5.41) is 0. The van der Waals surface area contributed by atoms with Gasteiger partial charge in [-0.3, -0.25) is 4.79 Å². The lowest BCUT2D eigenvalue weighted by Crippen LogP contribution is -2.55. The van der Waals surface area contributed by atoms with Crippen LogP contribution in [0.2, 0.25) is 0 Å². The molecule has 0 aromatic carbocycles. The van der Waals surface area contributed by atoms with E-state index in [2.05, 4.69) is 34.6 Å². The van der Waals surface area contributed by atoms with Crippen molar-refractivity contribution in [1.29, 1.82) is 0 Å². The van der Waals surface area contributed by atoms with Crippen LogP contribution in [0.1, 0.15) is 112 Å². The van der Waals surface area contributed by atoms with Gasteiger partial charge in [-0.2, -0.15) is 0 Å². The lowest BCUT2D eigenvalue weighted by molar-refractivity contribution is -0.273. The zero-order chi connectivity index (χ0) is 24.6. The van der Waals surface area contributed by atoms with Crippen molar-refractivity contribution in [1.82, 2.24) is 0 Å². The molecule has 4 aliphatic carbocycles. The topological polar surface area (TPSA) is 44.8 Å². The third kappa shape index (κ3) is 3.69. The molecular formula is C31H50O4. The SMILES string of the molecule is CCCC(=O)O[C@@H]1CC[C@@]2(C)[C@@H](CC[C@@H]3[C@H]2CC[C@]2(C)[C@@H]4[C@H](C[C@H]32)O[C@]2(CC[C@H](C)CO2)[C@H]4C)C1. The minimum absolute atomic E-state index is 0.0176.